The number of hydrogen-bond donors (Lipinski definition) is 1. The largest absolute Gasteiger partial charge is 0.497 e. The first-order valence-electron chi connectivity index (χ1n) is 9.52. The molecule has 9 nitrogen and oxygen atoms in total. The zero-order valence-electron chi connectivity index (χ0n) is 17.3. The van der Waals surface area contributed by atoms with Gasteiger partial charge < -0.3 is 10.1 Å². The summed E-state index contributed by atoms with van der Waals surface area (Å²) in [6.45, 7) is 4.01. The van der Waals surface area contributed by atoms with Gasteiger partial charge in [0.2, 0.25) is 11.1 Å². The van der Waals surface area contributed by atoms with Gasteiger partial charge in [-0.3, -0.25) is 4.79 Å². The number of ether oxygens (including phenoxy) is 1. The van der Waals surface area contributed by atoms with Gasteiger partial charge in [-0.05, 0) is 65.7 Å². The van der Waals surface area contributed by atoms with E-state index in [0.717, 1.165) is 28.3 Å². The highest BCUT2D eigenvalue weighted by Gasteiger charge is 2.15. The summed E-state index contributed by atoms with van der Waals surface area (Å²) < 4.78 is 8.49. The fourth-order valence-corrected chi connectivity index (χ4v) is 3.69. The van der Waals surface area contributed by atoms with Crippen LogP contribution in [-0.4, -0.2) is 48.8 Å². The minimum atomic E-state index is -0.184. The third-order valence-electron chi connectivity index (χ3n) is 4.59. The number of carbonyl (C=O) groups is 1. The Morgan fingerprint density at radius 3 is 2.68 bits per heavy atom. The number of thioether (sulfide) groups is 1. The molecule has 0 aliphatic heterocycles. The van der Waals surface area contributed by atoms with Gasteiger partial charge in [-0.15, -0.1) is 5.10 Å². The van der Waals surface area contributed by atoms with Crippen LogP contribution in [-0.2, 0) is 4.79 Å². The van der Waals surface area contributed by atoms with Crippen LogP contribution >= 0.6 is 11.8 Å². The summed E-state index contributed by atoms with van der Waals surface area (Å²) in [7, 11) is 1.61. The normalized spacial score (nSPS) is 10.8. The van der Waals surface area contributed by atoms with Crippen LogP contribution < -0.4 is 10.1 Å². The van der Waals surface area contributed by atoms with Crippen LogP contribution in [0.15, 0.2) is 59.9 Å². The SMILES string of the molecule is COc1ccc(-n2nccc2NC(=O)CSc2nnnn2-c2cc(C)ccc2C)cc1. The first kappa shape index (κ1) is 20.6. The topological polar surface area (TPSA) is 99.8 Å². The Morgan fingerprint density at radius 1 is 1.10 bits per heavy atom. The van der Waals surface area contributed by atoms with Crippen molar-refractivity contribution in [3.8, 4) is 17.1 Å². The van der Waals surface area contributed by atoms with E-state index in [1.807, 2.05) is 56.3 Å². The number of anilines is 1. The number of nitrogens with zero attached hydrogens (tertiary/aromatic N) is 6. The lowest BCUT2D eigenvalue weighted by atomic mass is 10.1. The van der Waals surface area contributed by atoms with Gasteiger partial charge in [0, 0.05) is 6.07 Å². The molecule has 0 atom stereocenters. The Balaban J connectivity index is 1.44. The third-order valence-corrected chi connectivity index (χ3v) is 5.51. The zero-order chi connectivity index (χ0) is 21.8. The molecular weight excluding hydrogens is 414 g/mol. The lowest BCUT2D eigenvalue weighted by molar-refractivity contribution is -0.113. The smallest absolute Gasteiger partial charge is 0.236 e. The highest BCUT2D eigenvalue weighted by Crippen LogP contribution is 2.22. The Hall–Kier alpha value is -3.66. The summed E-state index contributed by atoms with van der Waals surface area (Å²) in [6, 6.07) is 15.2. The highest BCUT2D eigenvalue weighted by atomic mass is 32.2. The predicted molar refractivity (Wildman–Crippen MR) is 118 cm³/mol. The van der Waals surface area contributed by atoms with E-state index < -0.39 is 0 Å². The quantitative estimate of drug-likeness (QED) is 0.445. The molecule has 2 aromatic heterocycles. The fraction of sp³-hybridized carbons (Fsp3) is 0.190. The van der Waals surface area contributed by atoms with Crippen LogP contribution in [0.5, 0.6) is 5.75 Å². The molecule has 0 spiro atoms. The third kappa shape index (κ3) is 4.58. The van der Waals surface area contributed by atoms with Crippen molar-refractivity contribution >= 4 is 23.5 Å². The van der Waals surface area contributed by atoms with Crippen molar-refractivity contribution < 1.29 is 9.53 Å². The molecule has 1 amide bonds. The van der Waals surface area contributed by atoms with Crippen LogP contribution in [0.1, 0.15) is 11.1 Å². The molecule has 158 valence electrons. The van der Waals surface area contributed by atoms with Gasteiger partial charge in [0.25, 0.3) is 0 Å². The summed E-state index contributed by atoms with van der Waals surface area (Å²) in [5.41, 5.74) is 3.86. The van der Waals surface area contributed by atoms with Gasteiger partial charge >= 0.3 is 0 Å². The minimum absolute atomic E-state index is 0.152. The van der Waals surface area contributed by atoms with Crippen LogP contribution in [0, 0.1) is 13.8 Å². The molecule has 31 heavy (non-hydrogen) atoms. The predicted octanol–water partition coefficient (Wildman–Crippen LogP) is 3.20. The average Bonchev–Trinajstić information content (AvgIpc) is 3.43. The number of nitrogens with one attached hydrogen (secondary N) is 1. The fourth-order valence-electron chi connectivity index (χ4n) is 3.00. The molecule has 0 unspecified atom stereocenters. The van der Waals surface area contributed by atoms with Gasteiger partial charge in [0.15, 0.2) is 0 Å². The number of benzene rings is 2. The number of amides is 1. The minimum Gasteiger partial charge on any atom is -0.497 e. The van der Waals surface area contributed by atoms with Crippen LogP contribution in [0.4, 0.5) is 5.82 Å². The highest BCUT2D eigenvalue weighted by molar-refractivity contribution is 7.99. The van der Waals surface area contributed by atoms with Crippen molar-refractivity contribution in [2.75, 3.05) is 18.2 Å². The number of rotatable bonds is 7. The number of methoxy groups -OCH3 is 1. The van der Waals surface area contributed by atoms with E-state index in [1.165, 1.54) is 11.8 Å². The number of aromatic nitrogens is 6. The van der Waals surface area contributed by atoms with Gasteiger partial charge in [-0.25, -0.2) is 4.68 Å². The summed E-state index contributed by atoms with van der Waals surface area (Å²) in [4.78, 5) is 12.6. The molecule has 4 aromatic rings. The Kier molecular flexibility index (Phi) is 5.99. The molecular formula is C21H21N7O2S. The van der Waals surface area contributed by atoms with Gasteiger partial charge in [0.1, 0.15) is 11.6 Å². The van der Waals surface area contributed by atoms with Crippen LogP contribution in [0.3, 0.4) is 0 Å². The molecule has 4 rings (SSSR count). The summed E-state index contributed by atoms with van der Waals surface area (Å²) >= 11 is 1.27. The van der Waals surface area contributed by atoms with Crippen LogP contribution in [0.25, 0.3) is 11.4 Å². The lowest BCUT2D eigenvalue weighted by Crippen LogP contribution is -2.17. The maximum Gasteiger partial charge on any atom is 0.236 e. The molecule has 0 saturated carbocycles. The summed E-state index contributed by atoms with van der Waals surface area (Å²) in [5, 5.41) is 19.7. The van der Waals surface area contributed by atoms with E-state index in [1.54, 1.807) is 28.7 Å². The number of carbonyl (C=O) groups excluding carboxylic acids is 1. The van der Waals surface area contributed by atoms with Crippen molar-refractivity contribution in [1.29, 1.82) is 0 Å². The molecule has 2 heterocycles. The Bertz CT molecular complexity index is 1200. The zero-order valence-corrected chi connectivity index (χ0v) is 18.1. The van der Waals surface area contributed by atoms with Gasteiger partial charge in [0.05, 0.1) is 30.4 Å². The Labute approximate surface area is 183 Å². The second-order valence-corrected chi connectivity index (χ2v) is 7.77. The van der Waals surface area contributed by atoms with E-state index in [4.69, 9.17) is 4.74 Å². The summed E-state index contributed by atoms with van der Waals surface area (Å²) in [6.07, 6.45) is 1.63. The van der Waals surface area contributed by atoms with Gasteiger partial charge in [-0.2, -0.15) is 9.78 Å². The maximum atomic E-state index is 12.6. The number of aryl methyl sites for hydroxylation is 2. The van der Waals surface area contributed by atoms with E-state index in [9.17, 15) is 4.79 Å². The van der Waals surface area contributed by atoms with E-state index in [0.29, 0.717) is 11.0 Å². The second kappa shape index (κ2) is 9.00. The Morgan fingerprint density at radius 2 is 1.90 bits per heavy atom. The number of tetrazole rings is 1. The molecule has 0 radical (unpaired) electrons. The van der Waals surface area contributed by atoms with E-state index >= 15 is 0 Å². The summed E-state index contributed by atoms with van der Waals surface area (Å²) in [5.74, 6) is 1.29. The average molecular weight is 436 g/mol. The van der Waals surface area contributed by atoms with Crippen molar-refractivity contribution in [3.05, 3.63) is 65.9 Å². The van der Waals surface area contributed by atoms with Crippen LogP contribution in [0.2, 0.25) is 0 Å². The number of hydrogen-bond acceptors (Lipinski definition) is 7. The van der Waals surface area contributed by atoms with E-state index in [-0.39, 0.29) is 11.7 Å². The molecule has 0 aliphatic carbocycles. The first-order chi connectivity index (χ1) is 15.0. The molecule has 1 N–H and O–H groups in total. The molecule has 0 fully saturated rings. The second-order valence-electron chi connectivity index (χ2n) is 6.83. The van der Waals surface area contributed by atoms with Crippen molar-refractivity contribution in [2.24, 2.45) is 0 Å². The first-order valence-corrected chi connectivity index (χ1v) is 10.5. The molecule has 0 bridgehead atoms. The van der Waals surface area contributed by atoms with E-state index in [2.05, 4.69) is 25.9 Å². The van der Waals surface area contributed by atoms with Crippen molar-refractivity contribution in [2.45, 2.75) is 19.0 Å². The maximum absolute atomic E-state index is 12.6. The molecule has 0 saturated heterocycles. The monoisotopic (exact) mass is 435 g/mol. The molecule has 2 aromatic carbocycles. The van der Waals surface area contributed by atoms with Gasteiger partial charge in [-0.1, -0.05) is 23.9 Å². The van der Waals surface area contributed by atoms with Crippen molar-refractivity contribution in [1.82, 2.24) is 30.0 Å². The lowest BCUT2D eigenvalue weighted by Gasteiger charge is -2.10. The molecule has 10 heteroatoms. The molecule has 0 aliphatic rings. The standard InChI is InChI=1S/C21H21N7O2S/c1-14-4-5-15(2)18(12-14)28-21(24-25-26-28)31-13-20(29)23-19-10-11-22-27(19)16-6-8-17(30-3)9-7-16/h4-12H,13H2,1-3H3,(H,23,29). The van der Waals surface area contributed by atoms with Crippen molar-refractivity contribution in [3.63, 3.8) is 0 Å².